The Balaban J connectivity index is 3.87. The van der Waals surface area contributed by atoms with Gasteiger partial charge in [0, 0.05) is 0 Å². The van der Waals surface area contributed by atoms with Gasteiger partial charge in [0.25, 0.3) is 0 Å². The lowest BCUT2D eigenvalue weighted by molar-refractivity contribution is -0.122. The molecule has 0 aromatic carbocycles. The number of hydrogen-bond acceptors (Lipinski definition) is 0. The lowest BCUT2D eigenvalue weighted by Crippen LogP contribution is -2.54. The summed E-state index contributed by atoms with van der Waals surface area (Å²) >= 11 is 0. The van der Waals surface area contributed by atoms with Crippen LogP contribution in [0.5, 0.6) is 0 Å². The summed E-state index contributed by atoms with van der Waals surface area (Å²) in [6.45, 7) is 37.9. The molecule has 0 heterocycles. The fourth-order valence-corrected chi connectivity index (χ4v) is 6.05. The van der Waals surface area contributed by atoms with Crippen LogP contribution in [0.3, 0.4) is 0 Å². The molecule has 1 aliphatic carbocycles. The quantitative estimate of drug-likeness (QED) is 0.438. The Morgan fingerprint density at radius 1 is 0.800 bits per heavy atom. The maximum atomic E-state index is 2.63. The van der Waals surface area contributed by atoms with E-state index in [1.165, 1.54) is 6.42 Å². The molecule has 0 aliphatic heterocycles. The molecule has 0 spiro atoms. The molecule has 0 heteroatoms. The molecule has 3 atom stereocenters. The fraction of sp³-hybridized carbons (Fsp3) is 1.00. The summed E-state index contributed by atoms with van der Waals surface area (Å²) in [5.74, 6) is 2.04. The second-order valence-corrected chi connectivity index (χ2v) is 13.2. The third-order valence-corrected chi connectivity index (χ3v) is 10.7. The second kappa shape index (κ2) is 6.00. The van der Waals surface area contributed by atoms with Gasteiger partial charge in [-0.2, -0.15) is 0 Å². The van der Waals surface area contributed by atoms with Crippen LogP contribution in [0.25, 0.3) is 0 Å². The van der Waals surface area contributed by atoms with E-state index in [4.69, 9.17) is 0 Å². The average molecular weight is 351 g/mol. The smallest absolute Gasteiger partial charge is 0.0213 e. The second-order valence-electron chi connectivity index (χ2n) is 13.2. The first-order valence-corrected chi connectivity index (χ1v) is 10.7. The zero-order valence-corrected chi connectivity index (χ0v) is 20.4. The van der Waals surface area contributed by atoms with Crippen molar-refractivity contribution in [3.8, 4) is 0 Å². The maximum Gasteiger partial charge on any atom is -0.0213 e. The predicted molar refractivity (Wildman–Crippen MR) is 115 cm³/mol. The van der Waals surface area contributed by atoms with Crippen LogP contribution in [0.4, 0.5) is 0 Å². The number of hydrogen-bond donors (Lipinski definition) is 0. The molecule has 0 amide bonds. The van der Waals surface area contributed by atoms with Gasteiger partial charge in [0.1, 0.15) is 0 Å². The first-order chi connectivity index (χ1) is 10.7. The summed E-state index contributed by atoms with van der Waals surface area (Å²) in [5, 5.41) is 0. The van der Waals surface area contributed by atoms with E-state index in [0.29, 0.717) is 28.6 Å². The summed E-state index contributed by atoms with van der Waals surface area (Å²) in [4.78, 5) is 0. The van der Waals surface area contributed by atoms with Crippen molar-refractivity contribution >= 4 is 0 Å². The van der Waals surface area contributed by atoms with E-state index in [1.807, 2.05) is 0 Å². The van der Waals surface area contributed by atoms with Crippen LogP contribution in [0, 0.1) is 50.2 Å². The molecule has 0 bridgehead atoms. The van der Waals surface area contributed by atoms with Crippen LogP contribution in [0.1, 0.15) is 110 Å². The molecule has 150 valence electrons. The van der Waals surface area contributed by atoms with Gasteiger partial charge in [-0.3, -0.25) is 0 Å². The molecule has 0 aromatic heterocycles. The largest absolute Gasteiger partial charge is 0.0623 e. The summed E-state index contributed by atoms with van der Waals surface area (Å²) < 4.78 is 0. The molecular weight excluding hydrogens is 300 g/mol. The highest BCUT2D eigenvalue weighted by Gasteiger charge is 2.64. The fourth-order valence-electron chi connectivity index (χ4n) is 6.05. The van der Waals surface area contributed by atoms with Gasteiger partial charge in [0.2, 0.25) is 0 Å². The molecule has 0 saturated heterocycles. The zero-order valence-electron chi connectivity index (χ0n) is 20.4. The van der Waals surface area contributed by atoms with Crippen molar-refractivity contribution in [1.82, 2.24) is 0 Å². The van der Waals surface area contributed by atoms with E-state index in [9.17, 15) is 0 Å². The highest BCUT2D eigenvalue weighted by molar-refractivity contribution is 5.13. The average Bonchev–Trinajstić information content (AvgIpc) is 2.42. The van der Waals surface area contributed by atoms with E-state index in [0.717, 1.165) is 0 Å². The van der Waals surface area contributed by atoms with Gasteiger partial charge < -0.3 is 0 Å². The Kier molecular flexibility index (Phi) is 5.53. The Morgan fingerprint density at radius 3 is 1.52 bits per heavy atom. The van der Waals surface area contributed by atoms with Crippen LogP contribution in [0.2, 0.25) is 0 Å². The molecule has 3 unspecified atom stereocenters. The van der Waals surface area contributed by atoms with Crippen LogP contribution >= 0.6 is 0 Å². The molecule has 1 fully saturated rings. The monoisotopic (exact) mass is 350 g/mol. The standard InChI is InChI=1S/C25H50/c1-17(2)22(9,10)19-16-21(7,8)24(13,14)23(11,12)18(3)25(19,15)20(4,5)6/h17-19H,16H2,1-15H3. The lowest BCUT2D eigenvalue weighted by atomic mass is 9.44. The normalized spacial score (nSPS) is 35.5. The van der Waals surface area contributed by atoms with Crippen LogP contribution in [-0.2, 0) is 0 Å². The van der Waals surface area contributed by atoms with Gasteiger partial charge in [0.05, 0.1) is 0 Å². The first kappa shape index (κ1) is 23.0. The molecule has 0 N–H and O–H groups in total. The van der Waals surface area contributed by atoms with Gasteiger partial charge >= 0.3 is 0 Å². The van der Waals surface area contributed by atoms with Crippen molar-refractivity contribution in [2.45, 2.75) is 110 Å². The van der Waals surface area contributed by atoms with Crippen molar-refractivity contribution < 1.29 is 0 Å². The van der Waals surface area contributed by atoms with Crippen molar-refractivity contribution in [3.63, 3.8) is 0 Å². The SMILES string of the molecule is CC(C)C(C)(C)C1CC(C)(C)C(C)(C)C(C)(C)C(C)C1(C)C(C)(C)C. The topological polar surface area (TPSA) is 0 Å². The minimum Gasteiger partial charge on any atom is -0.0623 e. The Hall–Kier alpha value is 0. The summed E-state index contributed by atoms with van der Waals surface area (Å²) in [6.07, 6.45) is 1.31. The minimum atomic E-state index is 0.275. The van der Waals surface area contributed by atoms with Gasteiger partial charge in [-0.25, -0.2) is 0 Å². The molecule has 1 rings (SSSR count). The number of rotatable bonds is 2. The third kappa shape index (κ3) is 3.02. The minimum absolute atomic E-state index is 0.275. The summed E-state index contributed by atoms with van der Waals surface area (Å²) in [5.41, 5.74) is 1.76. The molecule has 0 nitrogen and oxygen atoms in total. The van der Waals surface area contributed by atoms with Crippen molar-refractivity contribution in [2.24, 2.45) is 50.2 Å². The van der Waals surface area contributed by atoms with Crippen molar-refractivity contribution in [3.05, 3.63) is 0 Å². The highest BCUT2D eigenvalue weighted by Crippen LogP contribution is 2.71. The van der Waals surface area contributed by atoms with E-state index in [-0.39, 0.29) is 21.7 Å². The van der Waals surface area contributed by atoms with E-state index < -0.39 is 0 Å². The highest BCUT2D eigenvalue weighted by atomic mass is 14.7. The molecule has 1 aliphatic rings. The van der Waals surface area contributed by atoms with Crippen molar-refractivity contribution in [1.29, 1.82) is 0 Å². The molecule has 0 aromatic rings. The zero-order chi connectivity index (χ0) is 20.4. The summed E-state index contributed by atoms with van der Waals surface area (Å²) in [6, 6.07) is 0. The molecular formula is C25H50. The third-order valence-electron chi connectivity index (χ3n) is 10.7. The van der Waals surface area contributed by atoms with Gasteiger partial charge in [-0.1, -0.05) is 104 Å². The van der Waals surface area contributed by atoms with Crippen LogP contribution in [-0.4, -0.2) is 0 Å². The Bertz CT molecular complexity index is 481. The van der Waals surface area contributed by atoms with Crippen LogP contribution < -0.4 is 0 Å². The van der Waals surface area contributed by atoms with Gasteiger partial charge in [-0.15, -0.1) is 0 Å². The predicted octanol–water partition coefficient (Wildman–Crippen LogP) is 8.46. The lowest BCUT2D eigenvalue weighted by Gasteiger charge is -2.60. The van der Waals surface area contributed by atoms with Gasteiger partial charge in [-0.05, 0) is 56.7 Å². The van der Waals surface area contributed by atoms with Crippen molar-refractivity contribution in [2.75, 3.05) is 0 Å². The van der Waals surface area contributed by atoms with E-state index in [2.05, 4.69) is 104 Å². The summed E-state index contributed by atoms with van der Waals surface area (Å²) in [7, 11) is 0. The maximum absolute atomic E-state index is 2.63. The van der Waals surface area contributed by atoms with Crippen LogP contribution in [0.15, 0.2) is 0 Å². The van der Waals surface area contributed by atoms with E-state index >= 15 is 0 Å². The van der Waals surface area contributed by atoms with Gasteiger partial charge in [0.15, 0.2) is 0 Å². The Morgan fingerprint density at radius 2 is 1.20 bits per heavy atom. The molecule has 0 radical (unpaired) electrons. The van der Waals surface area contributed by atoms with E-state index in [1.54, 1.807) is 0 Å². The first-order valence-electron chi connectivity index (χ1n) is 10.7. The Labute approximate surface area is 160 Å². The molecule has 1 saturated carbocycles. The molecule has 25 heavy (non-hydrogen) atoms.